The number of amides is 2. The number of alkyl halides is 4. The monoisotopic (exact) mass is 559 g/mol. The highest BCUT2D eigenvalue weighted by molar-refractivity contribution is 5.91. The van der Waals surface area contributed by atoms with E-state index in [1.54, 1.807) is 23.1 Å². The summed E-state index contributed by atoms with van der Waals surface area (Å²) in [5.74, 6) is -0.749. The van der Waals surface area contributed by atoms with Crippen LogP contribution in [0.3, 0.4) is 0 Å². The summed E-state index contributed by atoms with van der Waals surface area (Å²) in [5, 5.41) is 9.01. The van der Waals surface area contributed by atoms with Crippen LogP contribution in [-0.2, 0) is 33.5 Å². The number of nitrogens with zero attached hydrogens (tertiary/aromatic N) is 3. The van der Waals surface area contributed by atoms with E-state index in [4.69, 9.17) is 5.26 Å². The van der Waals surface area contributed by atoms with Gasteiger partial charge < -0.3 is 9.80 Å². The standard InChI is InChI=1S/C30H30F5N3O2/c1-28(32,30(33,34)35)21-6-9-23-20(17-21)5-11-25-29(23,18-19-3-7-22(31)8-4-19)13-16-38(25)27(40)24-10-12-26(39)37(24)15-2-14-36/h3-4,6-9,17,24-25H,2,5,10-13,15-16,18H2,1H3/t24?,25-,28?,29-/m1/s1. The van der Waals surface area contributed by atoms with Crippen molar-refractivity contribution in [1.82, 2.24) is 9.80 Å². The van der Waals surface area contributed by atoms with Gasteiger partial charge in [-0.25, -0.2) is 8.78 Å². The number of carbonyl (C=O) groups is 2. The third kappa shape index (κ3) is 4.63. The summed E-state index contributed by atoms with van der Waals surface area (Å²) < 4.78 is 69.0. The van der Waals surface area contributed by atoms with Crippen molar-refractivity contribution in [2.45, 2.75) is 81.2 Å². The van der Waals surface area contributed by atoms with E-state index in [1.165, 1.54) is 29.2 Å². The molecule has 2 aromatic carbocycles. The third-order valence-corrected chi connectivity index (χ3v) is 9.01. The van der Waals surface area contributed by atoms with Gasteiger partial charge in [0.15, 0.2) is 0 Å². The summed E-state index contributed by atoms with van der Waals surface area (Å²) in [7, 11) is 0. The molecule has 2 saturated heterocycles. The zero-order chi connectivity index (χ0) is 28.9. The number of nitriles is 1. The quantitative estimate of drug-likeness (QED) is 0.439. The lowest BCUT2D eigenvalue weighted by Gasteiger charge is -2.44. The SMILES string of the molecule is CC(F)(c1ccc2c(c1)CC[C@H]1N(C(=O)C3CCC(=O)N3CCC#N)CC[C@@]21Cc1ccc(F)cc1)C(F)(F)F. The first-order chi connectivity index (χ1) is 18.9. The highest BCUT2D eigenvalue weighted by Gasteiger charge is 2.56. The second-order valence-corrected chi connectivity index (χ2v) is 11.2. The Hall–Kier alpha value is -3.48. The fourth-order valence-electron chi connectivity index (χ4n) is 6.89. The van der Waals surface area contributed by atoms with Crippen LogP contribution in [-0.4, -0.2) is 53.0 Å². The molecule has 2 unspecified atom stereocenters. The molecule has 0 aromatic heterocycles. The van der Waals surface area contributed by atoms with E-state index >= 15 is 0 Å². The van der Waals surface area contributed by atoms with E-state index in [9.17, 15) is 31.5 Å². The number of aryl methyl sites for hydroxylation is 1. The molecule has 0 saturated carbocycles. The smallest absolute Gasteiger partial charge is 0.337 e. The fraction of sp³-hybridized carbons (Fsp3) is 0.500. The number of benzene rings is 2. The molecule has 2 heterocycles. The molecule has 5 rings (SSSR count). The van der Waals surface area contributed by atoms with Crippen LogP contribution >= 0.6 is 0 Å². The molecule has 0 spiro atoms. The molecule has 0 bridgehead atoms. The molecule has 3 aliphatic rings. The van der Waals surface area contributed by atoms with Gasteiger partial charge in [0.1, 0.15) is 11.9 Å². The van der Waals surface area contributed by atoms with E-state index in [0.29, 0.717) is 51.1 Å². The predicted molar refractivity (Wildman–Crippen MR) is 136 cm³/mol. The highest BCUT2D eigenvalue weighted by Crippen LogP contribution is 2.51. The molecule has 4 atom stereocenters. The van der Waals surface area contributed by atoms with Crippen LogP contribution in [0, 0.1) is 17.1 Å². The first-order valence-corrected chi connectivity index (χ1v) is 13.5. The molecule has 212 valence electrons. The Labute approximate surface area is 229 Å². The fourth-order valence-corrected chi connectivity index (χ4v) is 6.89. The first kappa shape index (κ1) is 28.1. The van der Waals surface area contributed by atoms with E-state index in [-0.39, 0.29) is 37.2 Å². The Morgan fingerprint density at radius 1 is 1.10 bits per heavy atom. The predicted octanol–water partition coefficient (Wildman–Crippen LogP) is 5.50. The van der Waals surface area contributed by atoms with Crippen LogP contribution in [0.5, 0.6) is 0 Å². The molecule has 0 radical (unpaired) electrons. The lowest BCUT2D eigenvalue weighted by molar-refractivity contribution is -0.228. The van der Waals surface area contributed by atoms with Crippen LogP contribution in [0.2, 0.25) is 0 Å². The average Bonchev–Trinajstić information content (AvgIpc) is 3.48. The Morgan fingerprint density at radius 2 is 1.82 bits per heavy atom. The van der Waals surface area contributed by atoms with Crippen molar-refractivity contribution in [3.63, 3.8) is 0 Å². The van der Waals surface area contributed by atoms with Crippen molar-refractivity contribution >= 4 is 11.8 Å². The third-order valence-electron chi connectivity index (χ3n) is 9.01. The molecule has 2 fully saturated rings. The topological polar surface area (TPSA) is 64.4 Å². The minimum absolute atomic E-state index is 0.120. The minimum Gasteiger partial charge on any atom is -0.337 e. The van der Waals surface area contributed by atoms with Crippen molar-refractivity contribution in [3.8, 4) is 6.07 Å². The van der Waals surface area contributed by atoms with Gasteiger partial charge in [-0.3, -0.25) is 9.59 Å². The van der Waals surface area contributed by atoms with Crippen LogP contribution in [0.4, 0.5) is 22.0 Å². The molecule has 1 aliphatic carbocycles. The van der Waals surface area contributed by atoms with Crippen LogP contribution in [0.15, 0.2) is 42.5 Å². The van der Waals surface area contributed by atoms with Crippen molar-refractivity contribution in [3.05, 3.63) is 70.5 Å². The number of hydrogen-bond donors (Lipinski definition) is 0. The second kappa shape index (κ2) is 10.2. The van der Waals surface area contributed by atoms with Crippen molar-refractivity contribution in [2.24, 2.45) is 0 Å². The van der Waals surface area contributed by atoms with Crippen LogP contribution in [0.1, 0.15) is 61.3 Å². The van der Waals surface area contributed by atoms with Crippen molar-refractivity contribution in [1.29, 1.82) is 5.26 Å². The lowest BCUT2D eigenvalue weighted by Crippen LogP contribution is -2.53. The Morgan fingerprint density at radius 3 is 2.50 bits per heavy atom. The zero-order valence-electron chi connectivity index (χ0n) is 22.1. The molecule has 40 heavy (non-hydrogen) atoms. The van der Waals surface area contributed by atoms with Crippen molar-refractivity contribution < 1.29 is 31.5 Å². The largest absolute Gasteiger partial charge is 0.426 e. The summed E-state index contributed by atoms with van der Waals surface area (Å²) in [5.41, 5.74) is -2.45. The molecule has 2 aliphatic heterocycles. The van der Waals surface area contributed by atoms with Gasteiger partial charge in [-0.15, -0.1) is 0 Å². The van der Waals surface area contributed by atoms with Gasteiger partial charge in [0.05, 0.1) is 12.5 Å². The van der Waals surface area contributed by atoms with Crippen LogP contribution < -0.4 is 0 Å². The van der Waals surface area contributed by atoms with Gasteiger partial charge in [-0.05, 0) is 73.4 Å². The maximum atomic E-state index is 14.9. The first-order valence-electron chi connectivity index (χ1n) is 13.5. The Balaban J connectivity index is 1.53. The van der Waals surface area contributed by atoms with E-state index < -0.39 is 34.7 Å². The molecule has 0 N–H and O–H groups in total. The molecule has 10 heteroatoms. The van der Waals surface area contributed by atoms with E-state index in [1.807, 2.05) is 6.07 Å². The van der Waals surface area contributed by atoms with Gasteiger partial charge in [-0.2, -0.15) is 18.4 Å². The van der Waals surface area contributed by atoms with Gasteiger partial charge in [0, 0.05) is 31.0 Å². The van der Waals surface area contributed by atoms with Gasteiger partial charge in [0.25, 0.3) is 0 Å². The maximum Gasteiger partial charge on any atom is 0.426 e. The molecule has 5 nitrogen and oxygen atoms in total. The van der Waals surface area contributed by atoms with Gasteiger partial charge in [0.2, 0.25) is 17.5 Å². The van der Waals surface area contributed by atoms with Gasteiger partial charge >= 0.3 is 6.18 Å². The minimum atomic E-state index is -5.07. The number of carbonyl (C=O) groups excluding carboxylic acids is 2. The molecule has 2 amide bonds. The zero-order valence-corrected chi connectivity index (χ0v) is 22.1. The van der Waals surface area contributed by atoms with E-state index in [2.05, 4.69) is 0 Å². The number of fused-ring (bicyclic) bond motifs is 3. The molecular weight excluding hydrogens is 529 g/mol. The van der Waals surface area contributed by atoms with Crippen molar-refractivity contribution in [2.75, 3.05) is 13.1 Å². The van der Waals surface area contributed by atoms with Gasteiger partial charge in [-0.1, -0.05) is 30.3 Å². The number of rotatable bonds is 6. The molecule has 2 aromatic rings. The summed E-state index contributed by atoms with van der Waals surface area (Å²) >= 11 is 0. The average molecular weight is 560 g/mol. The number of likely N-dealkylation sites (tertiary alicyclic amines) is 2. The Kier molecular flexibility index (Phi) is 7.13. The summed E-state index contributed by atoms with van der Waals surface area (Å²) in [4.78, 5) is 29.6. The highest BCUT2D eigenvalue weighted by atomic mass is 19.4. The van der Waals surface area contributed by atoms with E-state index in [0.717, 1.165) is 11.1 Å². The number of halogens is 5. The summed E-state index contributed by atoms with van der Waals surface area (Å²) in [6.07, 6.45) is -2.61. The lowest BCUT2D eigenvalue weighted by atomic mass is 9.63. The normalized spacial score (nSPS) is 25.8. The van der Waals surface area contributed by atoms with Crippen LogP contribution in [0.25, 0.3) is 0 Å². The molecular formula is C30H30F5N3O2. The number of hydrogen-bond acceptors (Lipinski definition) is 3. The maximum absolute atomic E-state index is 14.9. The Bertz CT molecular complexity index is 1350. The second-order valence-electron chi connectivity index (χ2n) is 11.2. The summed E-state index contributed by atoms with van der Waals surface area (Å²) in [6, 6.07) is 11.1. The summed E-state index contributed by atoms with van der Waals surface area (Å²) in [6.45, 7) is 1.08.